The SMILES string of the molecule is Nc1cc(S(=O)(=O)N2CC3CCC(O)C3C2)ccc1Br. The van der Waals surface area contributed by atoms with Gasteiger partial charge in [-0.15, -0.1) is 0 Å². The summed E-state index contributed by atoms with van der Waals surface area (Å²) in [4.78, 5) is 0.215. The van der Waals surface area contributed by atoms with E-state index in [1.54, 1.807) is 12.1 Å². The molecule has 1 aliphatic carbocycles. The van der Waals surface area contributed by atoms with Gasteiger partial charge in [-0.3, -0.25) is 0 Å². The zero-order chi connectivity index (χ0) is 14.5. The smallest absolute Gasteiger partial charge is 0.243 e. The van der Waals surface area contributed by atoms with Crippen molar-refractivity contribution in [3.63, 3.8) is 0 Å². The lowest BCUT2D eigenvalue weighted by Crippen LogP contribution is -2.31. The van der Waals surface area contributed by atoms with Crippen LogP contribution < -0.4 is 5.73 Å². The Balaban J connectivity index is 1.88. The average Bonchev–Trinajstić information content (AvgIpc) is 2.96. The first-order valence-corrected chi connectivity index (χ1v) is 8.86. The summed E-state index contributed by atoms with van der Waals surface area (Å²) >= 11 is 3.26. The number of hydrogen-bond donors (Lipinski definition) is 2. The van der Waals surface area contributed by atoms with E-state index < -0.39 is 10.0 Å². The second-order valence-electron chi connectivity index (χ2n) is 5.57. The van der Waals surface area contributed by atoms with E-state index >= 15 is 0 Å². The molecule has 0 bridgehead atoms. The molecule has 1 aliphatic heterocycles. The quantitative estimate of drug-likeness (QED) is 0.781. The van der Waals surface area contributed by atoms with Crippen LogP contribution in [0.2, 0.25) is 0 Å². The van der Waals surface area contributed by atoms with Gasteiger partial charge in [-0.1, -0.05) is 0 Å². The van der Waals surface area contributed by atoms with Crippen molar-refractivity contribution >= 4 is 31.6 Å². The molecule has 1 saturated carbocycles. The molecule has 3 atom stereocenters. The van der Waals surface area contributed by atoms with Gasteiger partial charge in [0.05, 0.1) is 11.0 Å². The molecule has 3 rings (SSSR count). The number of nitrogens with zero attached hydrogens (tertiary/aromatic N) is 1. The van der Waals surface area contributed by atoms with E-state index in [9.17, 15) is 13.5 Å². The van der Waals surface area contributed by atoms with Gasteiger partial charge in [-0.05, 0) is 52.9 Å². The highest BCUT2D eigenvalue weighted by molar-refractivity contribution is 9.10. The maximum absolute atomic E-state index is 12.6. The minimum atomic E-state index is -3.52. The molecular formula is C13H17BrN2O3S. The number of aliphatic hydroxyl groups excluding tert-OH is 1. The van der Waals surface area contributed by atoms with Gasteiger partial charge < -0.3 is 10.8 Å². The molecule has 1 aromatic rings. The number of nitrogens with two attached hydrogens (primary N) is 1. The van der Waals surface area contributed by atoms with Gasteiger partial charge in [-0.2, -0.15) is 4.31 Å². The molecular weight excluding hydrogens is 344 g/mol. The molecule has 1 saturated heterocycles. The first kappa shape index (κ1) is 14.3. The average molecular weight is 361 g/mol. The third-order valence-electron chi connectivity index (χ3n) is 4.39. The van der Waals surface area contributed by atoms with Crippen LogP contribution in [0, 0.1) is 11.8 Å². The van der Waals surface area contributed by atoms with Crippen molar-refractivity contribution in [3.05, 3.63) is 22.7 Å². The fourth-order valence-corrected chi connectivity index (χ4v) is 5.04. The van der Waals surface area contributed by atoms with Crippen LogP contribution in [0.25, 0.3) is 0 Å². The number of aliphatic hydroxyl groups is 1. The molecule has 2 fully saturated rings. The van der Waals surface area contributed by atoms with Crippen LogP contribution in [-0.4, -0.2) is 37.0 Å². The number of hydrogen-bond acceptors (Lipinski definition) is 4. The molecule has 0 radical (unpaired) electrons. The van der Waals surface area contributed by atoms with Crippen molar-refractivity contribution < 1.29 is 13.5 Å². The maximum atomic E-state index is 12.6. The summed E-state index contributed by atoms with van der Waals surface area (Å²) in [6.45, 7) is 0.907. The summed E-state index contributed by atoms with van der Waals surface area (Å²) in [5.41, 5.74) is 6.17. The molecule has 5 nitrogen and oxygen atoms in total. The monoisotopic (exact) mass is 360 g/mol. The molecule has 3 N–H and O–H groups in total. The van der Waals surface area contributed by atoms with Crippen LogP contribution in [0.1, 0.15) is 12.8 Å². The highest BCUT2D eigenvalue weighted by atomic mass is 79.9. The van der Waals surface area contributed by atoms with E-state index in [2.05, 4.69) is 15.9 Å². The highest BCUT2D eigenvalue weighted by Crippen LogP contribution is 2.40. The molecule has 3 unspecified atom stereocenters. The van der Waals surface area contributed by atoms with Crippen molar-refractivity contribution in [2.75, 3.05) is 18.8 Å². The fourth-order valence-electron chi connectivity index (χ4n) is 3.22. The number of sulfonamides is 1. The van der Waals surface area contributed by atoms with Crippen LogP contribution >= 0.6 is 15.9 Å². The van der Waals surface area contributed by atoms with Gasteiger partial charge in [0.2, 0.25) is 10.0 Å². The molecule has 1 heterocycles. The number of halogens is 1. The summed E-state index contributed by atoms with van der Waals surface area (Å²) < 4.78 is 27.4. The summed E-state index contributed by atoms with van der Waals surface area (Å²) in [6.07, 6.45) is 1.32. The third-order valence-corrected chi connectivity index (χ3v) is 6.94. The van der Waals surface area contributed by atoms with Crippen LogP contribution in [0.5, 0.6) is 0 Å². The Morgan fingerprint density at radius 2 is 2.05 bits per heavy atom. The van der Waals surface area contributed by atoms with E-state index in [1.165, 1.54) is 10.4 Å². The van der Waals surface area contributed by atoms with E-state index in [-0.39, 0.29) is 22.8 Å². The fraction of sp³-hybridized carbons (Fsp3) is 0.538. The van der Waals surface area contributed by atoms with Gasteiger partial charge in [0.1, 0.15) is 0 Å². The summed E-state index contributed by atoms with van der Waals surface area (Å²) in [5, 5.41) is 9.89. The normalized spacial score (nSPS) is 30.6. The molecule has 0 aromatic heterocycles. The summed E-state index contributed by atoms with van der Waals surface area (Å²) in [5.74, 6) is 0.366. The Labute approximate surface area is 126 Å². The van der Waals surface area contributed by atoms with Gasteiger partial charge in [0, 0.05) is 29.2 Å². The van der Waals surface area contributed by atoms with Crippen molar-refractivity contribution in [1.29, 1.82) is 0 Å². The van der Waals surface area contributed by atoms with E-state index in [0.29, 0.717) is 23.2 Å². The molecule has 20 heavy (non-hydrogen) atoms. The number of benzene rings is 1. The van der Waals surface area contributed by atoms with Gasteiger partial charge in [0.15, 0.2) is 0 Å². The zero-order valence-electron chi connectivity index (χ0n) is 10.9. The number of rotatable bonds is 2. The van der Waals surface area contributed by atoms with Crippen molar-refractivity contribution in [2.45, 2.75) is 23.8 Å². The second-order valence-corrected chi connectivity index (χ2v) is 8.37. The van der Waals surface area contributed by atoms with Crippen LogP contribution in [0.15, 0.2) is 27.6 Å². The predicted octanol–water partition coefficient (Wildman–Crippen LogP) is 1.42. The molecule has 110 valence electrons. The number of fused-ring (bicyclic) bond motifs is 1. The Morgan fingerprint density at radius 3 is 2.70 bits per heavy atom. The lowest BCUT2D eigenvalue weighted by molar-refractivity contribution is 0.129. The molecule has 2 aliphatic rings. The first-order chi connectivity index (χ1) is 9.39. The van der Waals surface area contributed by atoms with Crippen molar-refractivity contribution in [2.24, 2.45) is 11.8 Å². The van der Waals surface area contributed by atoms with Crippen molar-refractivity contribution in [3.8, 4) is 0 Å². The standard InChI is InChI=1S/C13H17BrN2O3S/c14-11-3-2-9(5-12(11)15)20(18,19)16-6-8-1-4-13(17)10(8)7-16/h2-3,5,8,10,13,17H,1,4,6-7,15H2. The Bertz CT molecular complexity index is 635. The highest BCUT2D eigenvalue weighted by Gasteiger charge is 2.45. The van der Waals surface area contributed by atoms with Crippen LogP contribution in [0.4, 0.5) is 5.69 Å². The van der Waals surface area contributed by atoms with Gasteiger partial charge in [0.25, 0.3) is 0 Å². The van der Waals surface area contributed by atoms with Crippen molar-refractivity contribution in [1.82, 2.24) is 4.31 Å². The number of anilines is 1. The molecule has 0 spiro atoms. The van der Waals surface area contributed by atoms with E-state index in [0.717, 1.165) is 12.8 Å². The van der Waals surface area contributed by atoms with Gasteiger partial charge >= 0.3 is 0 Å². The Hall–Kier alpha value is -0.630. The Morgan fingerprint density at radius 1 is 1.30 bits per heavy atom. The number of nitrogen functional groups attached to an aromatic ring is 1. The zero-order valence-corrected chi connectivity index (χ0v) is 13.3. The maximum Gasteiger partial charge on any atom is 0.243 e. The topological polar surface area (TPSA) is 83.6 Å². The molecule has 1 aromatic carbocycles. The van der Waals surface area contributed by atoms with E-state index in [1.807, 2.05) is 0 Å². The third kappa shape index (κ3) is 2.26. The van der Waals surface area contributed by atoms with Crippen LogP contribution in [-0.2, 0) is 10.0 Å². The minimum absolute atomic E-state index is 0.0811. The molecule has 0 amide bonds. The predicted molar refractivity (Wildman–Crippen MR) is 79.5 cm³/mol. The second kappa shape index (κ2) is 4.98. The lowest BCUT2D eigenvalue weighted by atomic mass is 10.00. The first-order valence-electron chi connectivity index (χ1n) is 6.63. The lowest BCUT2D eigenvalue weighted by Gasteiger charge is -2.18. The largest absolute Gasteiger partial charge is 0.398 e. The minimum Gasteiger partial charge on any atom is -0.398 e. The van der Waals surface area contributed by atoms with E-state index in [4.69, 9.17) is 5.73 Å². The summed E-state index contributed by atoms with van der Waals surface area (Å²) in [7, 11) is -3.52. The van der Waals surface area contributed by atoms with Gasteiger partial charge in [-0.25, -0.2) is 8.42 Å². The van der Waals surface area contributed by atoms with Crippen LogP contribution in [0.3, 0.4) is 0 Å². The molecule has 7 heteroatoms. The Kier molecular flexibility index (Phi) is 3.56. The summed E-state index contributed by atoms with van der Waals surface area (Å²) in [6, 6.07) is 4.68.